The number of halogens is 3. The number of hydrogen-bond donors (Lipinski definition) is 0. The summed E-state index contributed by atoms with van der Waals surface area (Å²) in [6.07, 6.45) is 1.74. The van der Waals surface area contributed by atoms with Crippen LogP contribution in [0.1, 0.15) is 17.3 Å². The van der Waals surface area contributed by atoms with E-state index in [1.54, 1.807) is 19.2 Å². The molecule has 29 heavy (non-hydrogen) atoms. The lowest BCUT2D eigenvalue weighted by molar-refractivity contribution is 0.0525. The van der Waals surface area contributed by atoms with Crippen LogP contribution in [0.2, 0.25) is 10.0 Å². The monoisotopic (exact) mass is 488 g/mol. The molecule has 4 rings (SSSR count). The molecule has 146 valence electrons. The molecule has 2 aromatic heterocycles. The standard InChI is InChI=1S/C22H15BrCl2N2O2/c1-2-29-22(28)15-11-18(23)21-26-19(13-3-7-16(24)8-4-13)20(27(21)12-15)14-5-9-17(25)10-6-14/h3-12H,2H2,1H3. The number of imidazole rings is 1. The quantitative estimate of drug-likeness (QED) is 0.292. The summed E-state index contributed by atoms with van der Waals surface area (Å²) >= 11 is 15.7. The van der Waals surface area contributed by atoms with Gasteiger partial charge in [0, 0.05) is 27.4 Å². The largest absolute Gasteiger partial charge is 0.462 e. The predicted octanol–water partition coefficient (Wildman–Crippen LogP) is 6.91. The number of benzene rings is 2. The second-order valence-corrected chi connectivity index (χ2v) is 8.04. The first-order valence-corrected chi connectivity index (χ1v) is 10.4. The Bertz CT molecular complexity index is 1200. The van der Waals surface area contributed by atoms with Crippen molar-refractivity contribution in [1.29, 1.82) is 0 Å². The molecule has 0 aliphatic carbocycles. The summed E-state index contributed by atoms with van der Waals surface area (Å²) in [6, 6.07) is 16.7. The third-order valence-corrected chi connectivity index (χ3v) is 5.51. The second kappa shape index (κ2) is 8.19. The molecule has 0 atom stereocenters. The van der Waals surface area contributed by atoms with E-state index in [9.17, 15) is 4.79 Å². The Labute approximate surface area is 186 Å². The van der Waals surface area contributed by atoms with E-state index in [1.807, 2.05) is 52.9 Å². The van der Waals surface area contributed by atoms with Crippen LogP contribution in [0, 0.1) is 0 Å². The Morgan fingerprint density at radius 2 is 1.62 bits per heavy atom. The summed E-state index contributed by atoms with van der Waals surface area (Å²) in [4.78, 5) is 17.2. The predicted molar refractivity (Wildman–Crippen MR) is 120 cm³/mol. The van der Waals surface area contributed by atoms with Crippen molar-refractivity contribution < 1.29 is 9.53 Å². The number of nitrogens with zero attached hydrogens (tertiary/aromatic N) is 2. The molecule has 0 amide bonds. The van der Waals surface area contributed by atoms with E-state index >= 15 is 0 Å². The van der Waals surface area contributed by atoms with Crippen molar-refractivity contribution in [2.24, 2.45) is 0 Å². The van der Waals surface area contributed by atoms with Crippen molar-refractivity contribution in [3.63, 3.8) is 0 Å². The number of carbonyl (C=O) groups is 1. The summed E-state index contributed by atoms with van der Waals surface area (Å²) in [5, 5.41) is 1.29. The molecular weight excluding hydrogens is 475 g/mol. The van der Waals surface area contributed by atoms with Crippen LogP contribution in [0.15, 0.2) is 65.3 Å². The van der Waals surface area contributed by atoms with Crippen LogP contribution in [0.5, 0.6) is 0 Å². The van der Waals surface area contributed by atoms with Gasteiger partial charge in [0.2, 0.25) is 0 Å². The lowest BCUT2D eigenvalue weighted by Gasteiger charge is -2.09. The molecule has 7 heteroatoms. The van der Waals surface area contributed by atoms with Gasteiger partial charge in [-0.3, -0.25) is 4.40 Å². The van der Waals surface area contributed by atoms with E-state index < -0.39 is 0 Å². The number of pyridine rings is 1. The molecule has 0 aliphatic heterocycles. The van der Waals surface area contributed by atoms with Gasteiger partial charge in [0.05, 0.1) is 28.0 Å². The number of aromatic nitrogens is 2. The molecule has 4 aromatic rings. The fourth-order valence-electron chi connectivity index (χ4n) is 3.12. The zero-order valence-corrected chi connectivity index (χ0v) is 18.4. The maximum absolute atomic E-state index is 12.3. The van der Waals surface area contributed by atoms with E-state index in [1.165, 1.54) is 0 Å². The number of hydrogen-bond acceptors (Lipinski definition) is 3. The Morgan fingerprint density at radius 1 is 1.03 bits per heavy atom. The van der Waals surface area contributed by atoms with Gasteiger partial charge in [0.25, 0.3) is 0 Å². The number of rotatable bonds is 4. The summed E-state index contributed by atoms with van der Waals surface area (Å²) in [5.74, 6) is -0.390. The first kappa shape index (κ1) is 20.0. The van der Waals surface area contributed by atoms with E-state index in [0.29, 0.717) is 32.3 Å². The Hall–Kier alpha value is -2.34. The molecule has 0 saturated heterocycles. The van der Waals surface area contributed by atoms with Gasteiger partial charge in [-0.1, -0.05) is 47.5 Å². The number of carbonyl (C=O) groups excluding carboxylic acids is 1. The summed E-state index contributed by atoms with van der Waals surface area (Å²) in [5.41, 5.74) is 4.55. The highest BCUT2D eigenvalue weighted by Gasteiger charge is 2.20. The zero-order valence-electron chi connectivity index (χ0n) is 15.3. The fourth-order valence-corrected chi connectivity index (χ4v) is 3.90. The molecule has 0 saturated carbocycles. The van der Waals surface area contributed by atoms with Crippen LogP contribution < -0.4 is 0 Å². The van der Waals surface area contributed by atoms with E-state index in [2.05, 4.69) is 15.9 Å². The Kier molecular flexibility index (Phi) is 5.63. The van der Waals surface area contributed by atoms with E-state index in [0.717, 1.165) is 22.5 Å². The Morgan fingerprint density at radius 3 is 2.21 bits per heavy atom. The molecule has 0 bridgehead atoms. The smallest absolute Gasteiger partial charge is 0.339 e. The van der Waals surface area contributed by atoms with Crippen LogP contribution in [0.25, 0.3) is 28.2 Å². The second-order valence-electron chi connectivity index (χ2n) is 6.31. The van der Waals surface area contributed by atoms with Gasteiger partial charge in [-0.25, -0.2) is 9.78 Å². The molecular formula is C22H15BrCl2N2O2. The molecule has 0 radical (unpaired) electrons. The lowest BCUT2D eigenvalue weighted by Crippen LogP contribution is -2.06. The van der Waals surface area contributed by atoms with Crippen molar-refractivity contribution >= 4 is 50.7 Å². The fraction of sp³-hybridized carbons (Fsp3) is 0.0909. The van der Waals surface area contributed by atoms with Gasteiger partial charge >= 0.3 is 5.97 Å². The average molecular weight is 490 g/mol. The van der Waals surface area contributed by atoms with E-state index in [-0.39, 0.29) is 5.97 Å². The van der Waals surface area contributed by atoms with Crippen molar-refractivity contribution in [1.82, 2.24) is 9.38 Å². The van der Waals surface area contributed by atoms with Gasteiger partial charge in [0.1, 0.15) is 0 Å². The minimum atomic E-state index is -0.390. The molecule has 2 aromatic carbocycles. The van der Waals surface area contributed by atoms with Gasteiger partial charge in [-0.05, 0) is 53.2 Å². The molecule has 0 spiro atoms. The van der Waals surface area contributed by atoms with Crippen molar-refractivity contribution in [2.45, 2.75) is 6.92 Å². The lowest BCUT2D eigenvalue weighted by atomic mass is 10.0. The van der Waals surface area contributed by atoms with Crippen molar-refractivity contribution in [2.75, 3.05) is 6.61 Å². The van der Waals surface area contributed by atoms with Crippen LogP contribution >= 0.6 is 39.1 Å². The van der Waals surface area contributed by atoms with Gasteiger partial charge in [-0.2, -0.15) is 0 Å². The van der Waals surface area contributed by atoms with Gasteiger partial charge in [-0.15, -0.1) is 0 Å². The van der Waals surface area contributed by atoms with Crippen LogP contribution in [0.3, 0.4) is 0 Å². The van der Waals surface area contributed by atoms with Gasteiger partial charge in [0.15, 0.2) is 5.65 Å². The minimum Gasteiger partial charge on any atom is -0.462 e. The number of ether oxygens (including phenoxy) is 1. The topological polar surface area (TPSA) is 43.6 Å². The SMILES string of the molecule is CCOC(=O)c1cc(Br)c2nc(-c3ccc(Cl)cc3)c(-c3ccc(Cl)cc3)n2c1. The molecule has 0 aliphatic rings. The van der Waals surface area contributed by atoms with Crippen LogP contribution in [-0.2, 0) is 4.74 Å². The maximum Gasteiger partial charge on any atom is 0.339 e. The average Bonchev–Trinajstić information content (AvgIpc) is 3.09. The first-order chi connectivity index (χ1) is 14.0. The van der Waals surface area contributed by atoms with Crippen LogP contribution in [0.4, 0.5) is 0 Å². The molecule has 0 fully saturated rings. The summed E-state index contributed by atoms with van der Waals surface area (Å²) in [6.45, 7) is 2.08. The summed E-state index contributed by atoms with van der Waals surface area (Å²) < 4.78 is 7.76. The highest BCUT2D eigenvalue weighted by Crippen LogP contribution is 2.36. The normalized spacial score (nSPS) is 11.0. The number of esters is 1. The first-order valence-electron chi connectivity index (χ1n) is 8.88. The van der Waals surface area contributed by atoms with E-state index in [4.69, 9.17) is 32.9 Å². The maximum atomic E-state index is 12.3. The molecule has 2 heterocycles. The van der Waals surface area contributed by atoms with Crippen molar-refractivity contribution in [3.8, 4) is 22.5 Å². The molecule has 4 nitrogen and oxygen atoms in total. The molecule has 0 unspecified atom stereocenters. The Balaban J connectivity index is 2.02. The van der Waals surface area contributed by atoms with Crippen LogP contribution in [-0.4, -0.2) is 22.0 Å². The van der Waals surface area contributed by atoms with Crippen molar-refractivity contribution in [3.05, 3.63) is 80.9 Å². The molecule has 0 N–H and O–H groups in total. The zero-order chi connectivity index (χ0) is 20.5. The van der Waals surface area contributed by atoms with Gasteiger partial charge < -0.3 is 4.74 Å². The third kappa shape index (κ3) is 3.90. The summed E-state index contributed by atoms with van der Waals surface area (Å²) in [7, 11) is 0. The number of fused-ring (bicyclic) bond motifs is 1. The third-order valence-electron chi connectivity index (χ3n) is 4.42. The minimum absolute atomic E-state index is 0.304. The highest BCUT2D eigenvalue weighted by atomic mass is 79.9. The highest BCUT2D eigenvalue weighted by molar-refractivity contribution is 9.10.